The number of aryl methyl sites for hydroxylation is 1. The molecule has 0 aliphatic carbocycles. The van der Waals surface area contributed by atoms with Gasteiger partial charge in [0.05, 0.1) is 0 Å². The first-order valence-corrected chi connectivity index (χ1v) is 21.3. The van der Waals surface area contributed by atoms with Crippen molar-refractivity contribution in [1.29, 1.82) is 0 Å². The van der Waals surface area contributed by atoms with Gasteiger partial charge in [-0.3, -0.25) is 25.2 Å². The monoisotopic (exact) mass is 802 g/mol. The summed E-state index contributed by atoms with van der Waals surface area (Å²) in [6.45, 7) is 2.45. The number of fused-ring (bicyclic) bond motifs is 2. The molecule has 286 valence electrons. The predicted octanol–water partition coefficient (Wildman–Crippen LogP) is 9.86. The van der Waals surface area contributed by atoms with Gasteiger partial charge in [0, 0.05) is 74.0 Å². The Kier molecular flexibility index (Phi) is 12.0. The second-order valence-corrected chi connectivity index (χ2v) is 16.8. The van der Waals surface area contributed by atoms with Gasteiger partial charge in [-0.1, -0.05) is 90.5 Å². The number of nitrogens with zero attached hydrogens (tertiary/aromatic N) is 3. The van der Waals surface area contributed by atoms with Crippen LogP contribution in [0, 0.1) is 0 Å². The van der Waals surface area contributed by atoms with Crippen LogP contribution >= 0.6 is 34.3 Å². The Hall–Kier alpha value is -4.32. The Morgan fingerprint density at radius 2 is 1.21 bits per heavy atom. The van der Waals surface area contributed by atoms with Gasteiger partial charge < -0.3 is 0 Å². The first kappa shape index (κ1) is 38.5. The van der Waals surface area contributed by atoms with E-state index in [1.165, 1.54) is 11.1 Å². The van der Waals surface area contributed by atoms with E-state index in [9.17, 15) is 14.0 Å². The molecule has 2 aliphatic rings. The molecule has 0 amide bonds. The SMILES string of the molecule is NN(C1c2scc(C(=O)c3ccc(Cl)cc3)c2CCN1CCCc1ccccc1)C1c2scc(C(=O)c3cccc(CF)c3)c2CCN1CCc1ccccc1. The van der Waals surface area contributed by atoms with Crippen LogP contribution in [-0.2, 0) is 32.4 Å². The summed E-state index contributed by atoms with van der Waals surface area (Å²) in [5, 5.41) is 6.57. The van der Waals surface area contributed by atoms with Gasteiger partial charge in [0.1, 0.15) is 19.0 Å². The van der Waals surface area contributed by atoms with Crippen molar-refractivity contribution in [1.82, 2.24) is 14.8 Å². The number of nitrogens with two attached hydrogens (primary N) is 1. The van der Waals surface area contributed by atoms with Crippen LogP contribution in [0.1, 0.15) is 88.2 Å². The van der Waals surface area contributed by atoms with E-state index in [1.54, 1.807) is 71.2 Å². The van der Waals surface area contributed by atoms with Crippen molar-refractivity contribution in [2.45, 2.75) is 51.1 Å². The first-order valence-electron chi connectivity index (χ1n) is 19.2. The van der Waals surface area contributed by atoms with Crippen molar-refractivity contribution in [2.24, 2.45) is 5.84 Å². The lowest BCUT2D eigenvalue weighted by Gasteiger charge is -2.48. The molecule has 2 unspecified atom stereocenters. The van der Waals surface area contributed by atoms with Crippen molar-refractivity contribution in [3.05, 3.63) is 185 Å². The molecule has 2 aromatic heterocycles. The lowest BCUT2D eigenvalue weighted by atomic mass is 9.93. The van der Waals surface area contributed by atoms with Crippen LogP contribution in [0.2, 0.25) is 5.02 Å². The molecule has 0 radical (unpaired) electrons. The number of halogens is 2. The van der Waals surface area contributed by atoms with Crippen LogP contribution in [-0.4, -0.2) is 52.6 Å². The zero-order valence-electron chi connectivity index (χ0n) is 31.1. The number of alkyl halides is 1. The third kappa shape index (κ3) is 8.08. The Balaban J connectivity index is 1.17. The molecule has 10 heteroatoms. The highest BCUT2D eigenvalue weighted by atomic mass is 35.5. The van der Waals surface area contributed by atoms with Crippen LogP contribution < -0.4 is 5.84 Å². The second-order valence-electron chi connectivity index (χ2n) is 14.6. The first-order chi connectivity index (χ1) is 27.4. The number of benzene rings is 4. The van der Waals surface area contributed by atoms with Gasteiger partial charge >= 0.3 is 0 Å². The summed E-state index contributed by atoms with van der Waals surface area (Å²) in [7, 11) is 0. The van der Waals surface area contributed by atoms with E-state index in [1.807, 2.05) is 27.9 Å². The maximum absolute atomic E-state index is 14.1. The molecule has 2 atom stereocenters. The Labute approximate surface area is 340 Å². The van der Waals surface area contributed by atoms with E-state index in [0.29, 0.717) is 33.7 Å². The zero-order valence-corrected chi connectivity index (χ0v) is 33.5. The van der Waals surface area contributed by atoms with Crippen LogP contribution in [0.3, 0.4) is 0 Å². The number of carbonyl (C=O) groups excluding carboxylic acids is 2. The number of hydrogen-bond acceptors (Lipinski definition) is 8. The average molecular weight is 803 g/mol. The molecule has 56 heavy (non-hydrogen) atoms. The van der Waals surface area contributed by atoms with E-state index in [4.69, 9.17) is 17.4 Å². The minimum Gasteiger partial charge on any atom is -0.289 e. The lowest BCUT2D eigenvalue weighted by molar-refractivity contribution is -0.0606. The van der Waals surface area contributed by atoms with Crippen molar-refractivity contribution in [3.63, 3.8) is 0 Å². The third-order valence-corrected chi connectivity index (χ3v) is 13.5. The van der Waals surface area contributed by atoms with Gasteiger partial charge in [-0.25, -0.2) is 9.40 Å². The molecule has 2 aliphatic heterocycles. The highest BCUT2D eigenvalue weighted by Crippen LogP contribution is 2.45. The summed E-state index contributed by atoms with van der Waals surface area (Å²) in [5.74, 6) is 7.46. The molecular formula is C46H44ClFN4O2S2. The minimum atomic E-state index is -0.621. The summed E-state index contributed by atoms with van der Waals surface area (Å²) in [5.41, 5.74) is 7.59. The number of carbonyl (C=O) groups is 2. The lowest BCUT2D eigenvalue weighted by Crippen LogP contribution is -2.55. The summed E-state index contributed by atoms with van der Waals surface area (Å²) in [6.07, 6.45) is 3.57. The fourth-order valence-corrected chi connectivity index (χ4v) is 10.8. The van der Waals surface area contributed by atoms with Crippen molar-refractivity contribution in [3.8, 4) is 0 Å². The predicted molar refractivity (Wildman–Crippen MR) is 225 cm³/mol. The maximum atomic E-state index is 14.1. The van der Waals surface area contributed by atoms with Gasteiger partial charge in [-0.05, 0) is 90.3 Å². The second kappa shape index (κ2) is 17.4. The largest absolute Gasteiger partial charge is 0.289 e. The zero-order chi connectivity index (χ0) is 38.6. The molecule has 6 aromatic rings. The number of hydrogen-bond donors (Lipinski definition) is 1. The molecule has 4 heterocycles. The standard InChI is InChI=1S/C46H44ClFN4O2S2/c47-36-18-16-34(17-19-36)41(53)39-29-55-43-37(39)21-25-50(23-8-14-31-9-3-1-4-10-31)45(43)52(49)46-44-38(22-26-51(46)24-20-32-11-5-2-6-12-32)40(30-56-44)42(54)35-15-7-13-33(27-35)28-48/h1-7,9-13,15-19,27,29-30,45-46H,8,14,20-26,28,49H2. The molecular weight excluding hydrogens is 759 g/mol. The molecule has 0 spiro atoms. The van der Waals surface area contributed by atoms with E-state index >= 15 is 0 Å². The van der Waals surface area contributed by atoms with Crippen LogP contribution in [0.15, 0.2) is 120 Å². The normalized spacial score (nSPS) is 17.1. The topological polar surface area (TPSA) is 69.9 Å². The summed E-state index contributed by atoms with van der Waals surface area (Å²) < 4.78 is 13.6. The number of ketones is 2. The molecule has 0 saturated heterocycles. The summed E-state index contributed by atoms with van der Waals surface area (Å²) >= 11 is 9.36. The maximum Gasteiger partial charge on any atom is 0.194 e. The van der Waals surface area contributed by atoms with Gasteiger partial charge in [0.25, 0.3) is 0 Å². The van der Waals surface area contributed by atoms with Gasteiger partial charge in [-0.2, -0.15) is 0 Å². The quantitative estimate of drug-likeness (QED) is 0.0672. The summed E-state index contributed by atoms with van der Waals surface area (Å²) in [4.78, 5) is 35.1. The van der Waals surface area contributed by atoms with Crippen LogP contribution in [0.25, 0.3) is 0 Å². The van der Waals surface area contributed by atoms with Gasteiger partial charge in [0.2, 0.25) is 0 Å². The van der Waals surface area contributed by atoms with E-state index < -0.39 is 6.67 Å². The van der Waals surface area contributed by atoms with Crippen LogP contribution in [0.4, 0.5) is 4.39 Å². The Bertz CT molecular complexity index is 2300. The smallest absolute Gasteiger partial charge is 0.194 e. The average Bonchev–Trinajstić information content (AvgIpc) is 3.88. The van der Waals surface area contributed by atoms with E-state index in [2.05, 4.69) is 58.3 Å². The third-order valence-electron chi connectivity index (χ3n) is 11.1. The molecule has 2 N–H and O–H groups in total. The molecule has 0 fully saturated rings. The summed E-state index contributed by atoms with van der Waals surface area (Å²) in [6, 6.07) is 35.0. The highest BCUT2D eigenvalue weighted by Gasteiger charge is 2.42. The fourth-order valence-electron chi connectivity index (χ4n) is 8.22. The number of thiophene rings is 2. The van der Waals surface area contributed by atoms with Crippen molar-refractivity contribution >= 4 is 45.8 Å². The van der Waals surface area contributed by atoms with Crippen LogP contribution in [0.5, 0.6) is 0 Å². The molecule has 6 nitrogen and oxygen atoms in total. The molecule has 0 bridgehead atoms. The minimum absolute atomic E-state index is 0.0123. The van der Waals surface area contributed by atoms with E-state index in [-0.39, 0.29) is 23.9 Å². The van der Waals surface area contributed by atoms with Gasteiger partial charge in [0.15, 0.2) is 11.6 Å². The Morgan fingerprint density at radius 1 is 0.679 bits per heavy atom. The Morgan fingerprint density at radius 3 is 1.80 bits per heavy atom. The molecule has 4 aromatic carbocycles. The van der Waals surface area contributed by atoms with E-state index in [0.717, 1.165) is 78.3 Å². The van der Waals surface area contributed by atoms with Crippen molar-refractivity contribution < 1.29 is 14.0 Å². The van der Waals surface area contributed by atoms with Crippen molar-refractivity contribution in [2.75, 3.05) is 26.2 Å². The fraction of sp³-hybridized carbons (Fsp3) is 0.261. The number of rotatable bonds is 14. The molecule has 8 rings (SSSR count). The molecule has 0 saturated carbocycles. The van der Waals surface area contributed by atoms with Gasteiger partial charge in [-0.15, -0.1) is 22.7 Å². The highest BCUT2D eigenvalue weighted by molar-refractivity contribution is 7.11. The number of hydrazine groups is 1.